The first-order chi connectivity index (χ1) is 8.49. The van der Waals surface area contributed by atoms with Crippen molar-refractivity contribution in [2.24, 2.45) is 5.73 Å². The first kappa shape index (κ1) is 13.3. The molecule has 0 spiro atoms. The standard InChI is InChI=1S/C12H10BrClFN3/c13-10-2-1-7(15)4-8(10)11(16)9-3-6(14)5-18-12(9)17/h1-5,11H,16H2,(H2,17,18). The van der Waals surface area contributed by atoms with Crippen molar-refractivity contribution >= 4 is 33.3 Å². The Bertz CT molecular complexity index is 540. The lowest BCUT2D eigenvalue weighted by molar-refractivity contribution is 0.623. The van der Waals surface area contributed by atoms with E-state index >= 15 is 0 Å². The van der Waals surface area contributed by atoms with Gasteiger partial charge in [0.15, 0.2) is 0 Å². The maximum absolute atomic E-state index is 13.3. The highest BCUT2D eigenvalue weighted by Crippen LogP contribution is 2.30. The summed E-state index contributed by atoms with van der Waals surface area (Å²) in [4.78, 5) is 3.93. The molecule has 94 valence electrons. The second-order valence-electron chi connectivity index (χ2n) is 3.77. The molecule has 0 aliphatic rings. The number of anilines is 1. The lowest BCUT2D eigenvalue weighted by atomic mass is 10.0. The Kier molecular flexibility index (Phi) is 3.85. The van der Waals surface area contributed by atoms with Crippen molar-refractivity contribution in [3.05, 3.63) is 56.9 Å². The Morgan fingerprint density at radius 3 is 2.72 bits per heavy atom. The number of nitrogens with two attached hydrogens (primary N) is 2. The van der Waals surface area contributed by atoms with Crippen molar-refractivity contribution in [3.63, 3.8) is 0 Å². The summed E-state index contributed by atoms with van der Waals surface area (Å²) in [6.07, 6.45) is 1.44. The number of halogens is 3. The van der Waals surface area contributed by atoms with Crippen LogP contribution in [0.2, 0.25) is 5.02 Å². The van der Waals surface area contributed by atoms with Gasteiger partial charge in [-0.3, -0.25) is 0 Å². The summed E-state index contributed by atoms with van der Waals surface area (Å²) in [6, 6.07) is 5.33. The van der Waals surface area contributed by atoms with Crippen molar-refractivity contribution in [2.75, 3.05) is 5.73 Å². The summed E-state index contributed by atoms with van der Waals surface area (Å²) >= 11 is 9.19. The van der Waals surface area contributed by atoms with Crippen molar-refractivity contribution < 1.29 is 4.39 Å². The molecule has 2 rings (SSSR count). The molecule has 0 saturated carbocycles. The van der Waals surface area contributed by atoms with E-state index < -0.39 is 6.04 Å². The summed E-state index contributed by atoms with van der Waals surface area (Å²) in [5.74, 6) is -0.0831. The summed E-state index contributed by atoms with van der Waals surface area (Å²) in [6.45, 7) is 0. The van der Waals surface area contributed by atoms with Crippen molar-refractivity contribution in [3.8, 4) is 0 Å². The van der Waals surface area contributed by atoms with Crippen LogP contribution in [0, 0.1) is 5.82 Å². The van der Waals surface area contributed by atoms with Crippen LogP contribution in [0.25, 0.3) is 0 Å². The van der Waals surface area contributed by atoms with Crippen LogP contribution in [-0.2, 0) is 0 Å². The topological polar surface area (TPSA) is 64.9 Å². The van der Waals surface area contributed by atoms with Crippen LogP contribution in [0.3, 0.4) is 0 Å². The van der Waals surface area contributed by atoms with E-state index in [2.05, 4.69) is 20.9 Å². The van der Waals surface area contributed by atoms with E-state index in [-0.39, 0.29) is 11.6 Å². The summed E-state index contributed by atoms with van der Waals surface area (Å²) in [7, 11) is 0. The molecule has 3 nitrogen and oxygen atoms in total. The van der Waals surface area contributed by atoms with E-state index in [0.717, 1.165) is 0 Å². The third-order valence-corrected chi connectivity index (χ3v) is 3.47. The molecule has 1 heterocycles. The van der Waals surface area contributed by atoms with E-state index in [1.807, 2.05) is 0 Å². The Morgan fingerprint density at radius 1 is 1.28 bits per heavy atom. The molecular formula is C12H10BrClFN3. The number of nitrogen functional groups attached to an aromatic ring is 1. The molecule has 0 aliphatic carbocycles. The van der Waals surface area contributed by atoms with Crippen LogP contribution >= 0.6 is 27.5 Å². The molecule has 0 amide bonds. The SMILES string of the molecule is Nc1ncc(Cl)cc1C(N)c1cc(F)ccc1Br. The first-order valence-electron chi connectivity index (χ1n) is 5.10. The van der Waals surface area contributed by atoms with Crippen molar-refractivity contribution in [1.29, 1.82) is 0 Å². The molecule has 1 unspecified atom stereocenters. The van der Waals surface area contributed by atoms with Gasteiger partial charge in [-0.05, 0) is 29.8 Å². The number of aromatic nitrogens is 1. The van der Waals surface area contributed by atoms with Gasteiger partial charge in [-0.1, -0.05) is 27.5 Å². The number of nitrogens with zero attached hydrogens (tertiary/aromatic N) is 1. The molecule has 0 bridgehead atoms. The van der Waals surface area contributed by atoms with Crippen molar-refractivity contribution in [1.82, 2.24) is 4.98 Å². The predicted molar refractivity (Wildman–Crippen MR) is 73.8 cm³/mol. The number of benzene rings is 1. The van der Waals surface area contributed by atoms with Gasteiger partial charge in [0.1, 0.15) is 11.6 Å². The molecule has 1 aromatic heterocycles. The highest BCUT2D eigenvalue weighted by atomic mass is 79.9. The molecule has 6 heteroatoms. The van der Waals surface area contributed by atoms with E-state index in [9.17, 15) is 4.39 Å². The molecule has 0 radical (unpaired) electrons. The highest BCUT2D eigenvalue weighted by Gasteiger charge is 2.16. The predicted octanol–water partition coefficient (Wildman–Crippen LogP) is 3.27. The minimum absolute atomic E-state index is 0.281. The smallest absolute Gasteiger partial charge is 0.128 e. The lowest BCUT2D eigenvalue weighted by Gasteiger charge is -2.16. The zero-order valence-electron chi connectivity index (χ0n) is 9.20. The fourth-order valence-electron chi connectivity index (χ4n) is 1.64. The van der Waals surface area contributed by atoms with Gasteiger partial charge in [0.25, 0.3) is 0 Å². The molecule has 0 saturated heterocycles. The zero-order chi connectivity index (χ0) is 13.3. The second-order valence-corrected chi connectivity index (χ2v) is 5.06. The average Bonchev–Trinajstić information content (AvgIpc) is 2.34. The first-order valence-corrected chi connectivity index (χ1v) is 6.27. The third-order valence-electron chi connectivity index (χ3n) is 2.54. The minimum atomic E-state index is -0.596. The number of hydrogen-bond acceptors (Lipinski definition) is 3. The second kappa shape index (κ2) is 5.22. The van der Waals surface area contributed by atoms with Gasteiger partial charge < -0.3 is 11.5 Å². The molecule has 2 aromatic rings. The molecule has 0 aliphatic heterocycles. The highest BCUT2D eigenvalue weighted by molar-refractivity contribution is 9.10. The lowest BCUT2D eigenvalue weighted by Crippen LogP contribution is -2.15. The summed E-state index contributed by atoms with van der Waals surface area (Å²) in [5.41, 5.74) is 13.0. The minimum Gasteiger partial charge on any atom is -0.383 e. The number of rotatable bonds is 2. The number of pyridine rings is 1. The van der Waals surface area contributed by atoms with E-state index in [4.69, 9.17) is 23.1 Å². The fraction of sp³-hybridized carbons (Fsp3) is 0.0833. The van der Waals surface area contributed by atoms with Gasteiger partial charge in [-0.2, -0.15) is 0 Å². The van der Waals surface area contributed by atoms with Crippen LogP contribution in [0.4, 0.5) is 10.2 Å². The average molecular weight is 331 g/mol. The van der Waals surface area contributed by atoms with Gasteiger partial charge in [0, 0.05) is 16.2 Å². The number of hydrogen-bond donors (Lipinski definition) is 2. The maximum atomic E-state index is 13.3. The monoisotopic (exact) mass is 329 g/mol. The zero-order valence-corrected chi connectivity index (χ0v) is 11.5. The summed E-state index contributed by atoms with van der Waals surface area (Å²) in [5, 5.41) is 0.433. The molecular weight excluding hydrogens is 321 g/mol. The molecule has 4 N–H and O–H groups in total. The van der Waals surface area contributed by atoms with Gasteiger partial charge in [-0.25, -0.2) is 9.37 Å². The molecule has 1 atom stereocenters. The third kappa shape index (κ3) is 2.63. The normalized spacial score (nSPS) is 12.4. The van der Waals surface area contributed by atoms with Crippen LogP contribution in [-0.4, -0.2) is 4.98 Å². The molecule has 18 heavy (non-hydrogen) atoms. The molecule has 0 fully saturated rings. The van der Waals surface area contributed by atoms with Crippen LogP contribution < -0.4 is 11.5 Å². The van der Waals surface area contributed by atoms with Crippen molar-refractivity contribution in [2.45, 2.75) is 6.04 Å². The van der Waals surface area contributed by atoms with E-state index in [1.165, 1.54) is 18.3 Å². The Labute approximate surface area is 117 Å². The van der Waals surface area contributed by atoms with Gasteiger partial charge in [-0.15, -0.1) is 0 Å². The van der Waals surface area contributed by atoms with Gasteiger partial charge >= 0.3 is 0 Å². The van der Waals surface area contributed by atoms with E-state index in [1.54, 1.807) is 12.1 Å². The largest absolute Gasteiger partial charge is 0.383 e. The van der Waals surface area contributed by atoms with Crippen LogP contribution in [0.5, 0.6) is 0 Å². The quantitative estimate of drug-likeness (QED) is 0.888. The van der Waals surface area contributed by atoms with Gasteiger partial charge in [0.05, 0.1) is 11.1 Å². The Balaban J connectivity index is 2.50. The Hall–Kier alpha value is -1.17. The fourth-order valence-corrected chi connectivity index (χ4v) is 2.29. The maximum Gasteiger partial charge on any atom is 0.128 e. The van der Waals surface area contributed by atoms with Gasteiger partial charge in [0.2, 0.25) is 0 Å². The molecule has 1 aromatic carbocycles. The van der Waals surface area contributed by atoms with Crippen LogP contribution in [0.15, 0.2) is 34.9 Å². The summed E-state index contributed by atoms with van der Waals surface area (Å²) < 4.78 is 14.0. The Morgan fingerprint density at radius 2 is 2.00 bits per heavy atom. The van der Waals surface area contributed by atoms with E-state index in [0.29, 0.717) is 20.6 Å². The van der Waals surface area contributed by atoms with Crippen LogP contribution in [0.1, 0.15) is 17.2 Å².